The van der Waals surface area contributed by atoms with E-state index in [1.807, 2.05) is 25.3 Å². The van der Waals surface area contributed by atoms with Gasteiger partial charge in [-0.3, -0.25) is 9.59 Å². The summed E-state index contributed by atoms with van der Waals surface area (Å²) < 4.78 is 13.1. The highest BCUT2D eigenvalue weighted by molar-refractivity contribution is 7.12. The molecule has 0 aliphatic carbocycles. The number of carbonyl (C=O) groups is 2. The van der Waals surface area contributed by atoms with Crippen molar-refractivity contribution in [3.63, 3.8) is 0 Å². The lowest BCUT2D eigenvalue weighted by Crippen LogP contribution is -2.42. The second-order valence-electron chi connectivity index (χ2n) is 5.55. The van der Waals surface area contributed by atoms with Gasteiger partial charge in [-0.15, -0.1) is 11.3 Å². The molecule has 0 bridgehead atoms. The molecule has 0 spiro atoms. The van der Waals surface area contributed by atoms with Crippen molar-refractivity contribution in [2.75, 3.05) is 20.1 Å². The third-order valence-electron chi connectivity index (χ3n) is 3.93. The molecule has 0 saturated carbocycles. The zero-order valence-corrected chi connectivity index (χ0v) is 14.8. The van der Waals surface area contributed by atoms with Crippen LogP contribution in [0.5, 0.6) is 0 Å². The van der Waals surface area contributed by atoms with Gasteiger partial charge in [-0.1, -0.05) is 18.2 Å². The van der Waals surface area contributed by atoms with E-state index >= 15 is 0 Å². The Kier molecular flexibility index (Phi) is 6.09. The third kappa shape index (κ3) is 4.20. The molecule has 1 aromatic carbocycles. The van der Waals surface area contributed by atoms with E-state index in [0.717, 1.165) is 5.56 Å². The summed E-state index contributed by atoms with van der Waals surface area (Å²) >= 11 is 1.35. The molecule has 0 radical (unpaired) electrons. The minimum Gasteiger partial charge on any atom is -0.335 e. The van der Waals surface area contributed by atoms with E-state index in [2.05, 4.69) is 0 Å². The van der Waals surface area contributed by atoms with Crippen LogP contribution in [0.2, 0.25) is 0 Å². The van der Waals surface area contributed by atoms with Crippen molar-refractivity contribution in [2.45, 2.75) is 19.9 Å². The molecule has 2 aromatic rings. The van der Waals surface area contributed by atoms with Crippen LogP contribution < -0.4 is 0 Å². The number of hydrogen-bond donors (Lipinski definition) is 0. The van der Waals surface area contributed by atoms with Crippen LogP contribution in [0, 0.1) is 5.82 Å². The van der Waals surface area contributed by atoms with E-state index in [0.29, 0.717) is 11.4 Å². The fraction of sp³-hybridized carbons (Fsp3) is 0.333. The van der Waals surface area contributed by atoms with Crippen molar-refractivity contribution in [1.29, 1.82) is 0 Å². The first-order valence-corrected chi connectivity index (χ1v) is 8.66. The van der Waals surface area contributed by atoms with Crippen LogP contribution in [0.25, 0.3) is 0 Å². The van der Waals surface area contributed by atoms with E-state index in [1.54, 1.807) is 30.1 Å². The molecule has 128 valence electrons. The van der Waals surface area contributed by atoms with Crippen molar-refractivity contribution in [3.05, 3.63) is 58.0 Å². The molecule has 0 fully saturated rings. The molecule has 2 rings (SSSR count). The molecule has 24 heavy (non-hydrogen) atoms. The van der Waals surface area contributed by atoms with E-state index < -0.39 is 0 Å². The molecule has 0 aliphatic heterocycles. The van der Waals surface area contributed by atoms with Crippen molar-refractivity contribution in [3.8, 4) is 0 Å². The number of likely N-dealkylation sites (N-methyl/N-ethyl adjacent to an activating group) is 2. The molecule has 6 heteroatoms. The summed E-state index contributed by atoms with van der Waals surface area (Å²) in [5, 5.41) is 1.83. The number of benzene rings is 1. The van der Waals surface area contributed by atoms with Crippen molar-refractivity contribution >= 4 is 23.2 Å². The fourth-order valence-corrected chi connectivity index (χ4v) is 3.26. The van der Waals surface area contributed by atoms with Crippen LogP contribution in [0.3, 0.4) is 0 Å². The molecular weight excluding hydrogens is 327 g/mol. The Balaban J connectivity index is 2.05. The molecule has 0 saturated heterocycles. The summed E-state index contributed by atoms with van der Waals surface area (Å²) in [6.45, 7) is 4.31. The van der Waals surface area contributed by atoms with Crippen LogP contribution in [0.1, 0.15) is 35.1 Å². The summed E-state index contributed by atoms with van der Waals surface area (Å²) in [5.41, 5.74) is 0.860. The van der Waals surface area contributed by atoms with Crippen LogP contribution in [-0.2, 0) is 4.79 Å². The number of hydrogen-bond acceptors (Lipinski definition) is 3. The van der Waals surface area contributed by atoms with Gasteiger partial charge in [0.1, 0.15) is 5.82 Å². The summed E-state index contributed by atoms with van der Waals surface area (Å²) in [5.74, 6) is -0.604. The lowest BCUT2D eigenvalue weighted by molar-refractivity contribution is -0.133. The van der Waals surface area contributed by atoms with Gasteiger partial charge in [0.25, 0.3) is 5.91 Å². The normalized spacial score (nSPS) is 11.8. The van der Waals surface area contributed by atoms with E-state index in [9.17, 15) is 14.0 Å². The van der Waals surface area contributed by atoms with Gasteiger partial charge in [0.2, 0.25) is 5.91 Å². The Hall–Kier alpha value is -2.21. The topological polar surface area (TPSA) is 40.6 Å². The van der Waals surface area contributed by atoms with E-state index in [4.69, 9.17) is 0 Å². The maximum atomic E-state index is 13.1. The van der Waals surface area contributed by atoms with Gasteiger partial charge in [-0.05, 0) is 43.0 Å². The highest BCUT2D eigenvalue weighted by Crippen LogP contribution is 2.21. The predicted octanol–water partition coefficient (Wildman–Crippen LogP) is 3.57. The molecule has 1 atom stereocenters. The second-order valence-corrected chi connectivity index (χ2v) is 6.49. The Morgan fingerprint density at radius 2 is 1.88 bits per heavy atom. The van der Waals surface area contributed by atoms with Crippen LogP contribution in [-0.4, -0.2) is 41.8 Å². The lowest BCUT2D eigenvalue weighted by Gasteiger charge is -2.30. The molecule has 0 unspecified atom stereocenters. The predicted molar refractivity (Wildman–Crippen MR) is 93.5 cm³/mol. The average Bonchev–Trinajstić information content (AvgIpc) is 3.09. The van der Waals surface area contributed by atoms with Gasteiger partial charge >= 0.3 is 0 Å². The van der Waals surface area contributed by atoms with E-state index in [-0.39, 0.29) is 30.2 Å². The molecule has 1 aromatic heterocycles. The lowest BCUT2D eigenvalue weighted by atomic mass is 10.1. The average molecular weight is 348 g/mol. The Labute approximate surface area is 145 Å². The zero-order valence-electron chi connectivity index (χ0n) is 14.0. The van der Waals surface area contributed by atoms with Gasteiger partial charge < -0.3 is 9.80 Å². The largest absolute Gasteiger partial charge is 0.335 e. The second kappa shape index (κ2) is 8.06. The number of thiophene rings is 1. The third-order valence-corrected chi connectivity index (χ3v) is 4.79. The summed E-state index contributed by atoms with van der Waals surface area (Å²) in [6.07, 6.45) is 0. The number of nitrogens with zero attached hydrogens (tertiary/aromatic N) is 2. The van der Waals surface area contributed by atoms with Crippen molar-refractivity contribution in [2.24, 2.45) is 0 Å². The van der Waals surface area contributed by atoms with Crippen molar-refractivity contribution in [1.82, 2.24) is 9.80 Å². The molecule has 4 nitrogen and oxygen atoms in total. The smallest absolute Gasteiger partial charge is 0.264 e. The first-order chi connectivity index (χ1) is 11.4. The van der Waals surface area contributed by atoms with Gasteiger partial charge in [-0.2, -0.15) is 0 Å². The van der Waals surface area contributed by atoms with Crippen LogP contribution in [0.4, 0.5) is 4.39 Å². The Morgan fingerprint density at radius 1 is 1.21 bits per heavy atom. The Morgan fingerprint density at radius 3 is 2.42 bits per heavy atom. The van der Waals surface area contributed by atoms with Crippen LogP contribution >= 0.6 is 11.3 Å². The number of amides is 2. The molecule has 2 amide bonds. The van der Waals surface area contributed by atoms with Crippen LogP contribution in [0.15, 0.2) is 41.8 Å². The highest BCUT2D eigenvalue weighted by Gasteiger charge is 2.23. The monoisotopic (exact) mass is 348 g/mol. The number of rotatable bonds is 6. The highest BCUT2D eigenvalue weighted by atomic mass is 32.1. The van der Waals surface area contributed by atoms with Gasteiger partial charge in [0.05, 0.1) is 17.5 Å². The molecule has 1 heterocycles. The quantitative estimate of drug-likeness (QED) is 0.801. The standard InChI is InChI=1S/C18H21FN2O2S/c1-4-21(13(2)14-7-9-15(19)10-8-14)17(22)12-20(3)18(23)16-6-5-11-24-16/h5-11,13H,4,12H2,1-3H3/t13-/m0/s1. The van der Waals surface area contributed by atoms with Gasteiger partial charge in [-0.25, -0.2) is 4.39 Å². The summed E-state index contributed by atoms with van der Waals surface area (Å²) in [4.78, 5) is 28.6. The molecule has 0 aliphatic rings. The number of halogens is 1. The van der Waals surface area contributed by atoms with E-state index in [1.165, 1.54) is 28.4 Å². The summed E-state index contributed by atoms with van der Waals surface area (Å²) in [7, 11) is 1.62. The molecular formula is C18H21FN2O2S. The van der Waals surface area contributed by atoms with Gasteiger partial charge in [0, 0.05) is 13.6 Å². The van der Waals surface area contributed by atoms with Crippen molar-refractivity contribution < 1.29 is 14.0 Å². The van der Waals surface area contributed by atoms with Gasteiger partial charge in [0.15, 0.2) is 0 Å². The zero-order chi connectivity index (χ0) is 17.7. The number of carbonyl (C=O) groups excluding carboxylic acids is 2. The first kappa shape index (κ1) is 18.1. The molecule has 0 N–H and O–H groups in total. The maximum absolute atomic E-state index is 13.1. The fourth-order valence-electron chi connectivity index (χ4n) is 2.54. The summed E-state index contributed by atoms with van der Waals surface area (Å²) in [6, 6.07) is 9.49. The Bertz CT molecular complexity index is 686. The minimum absolute atomic E-state index is 0.0100. The minimum atomic E-state index is -0.304. The SMILES string of the molecule is CCN(C(=O)CN(C)C(=O)c1cccs1)[C@@H](C)c1ccc(F)cc1. The maximum Gasteiger partial charge on any atom is 0.264 e. The first-order valence-electron chi connectivity index (χ1n) is 7.78.